The van der Waals surface area contributed by atoms with Gasteiger partial charge in [0.15, 0.2) is 0 Å². The van der Waals surface area contributed by atoms with E-state index in [9.17, 15) is 4.79 Å². The fourth-order valence-corrected chi connectivity index (χ4v) is 1.71. The van der Waals surface area contributed by atoms with E-state index in [-0.39, 0.29) is 30.9 Å². The summed E-state index contributed by atoms with van der Waals surface area (Å²) in [5.41, 5.74) is 0.981. The molecule has 0 aliphatic heterocycles. The van der Waals surface area contributed by atoms with E-state index in [1.807, 2.05) is 38.2 Å². The third-order valence-corrected chi connectivity index (χ3v) is 2.94. The van der Waals surface area contributed by atoms with Crippen LogP contribution in [0.15, 0.2) is 30.5 Å². The molecule has 2 N–H and O–H groups in total. The number of benzene rings is 1. The van der Waals surface area contributed by atoms with Crippen molar-refractivity contribution in [2.45, 2.75) is 19.5 Å². The van der Waals surface area contributed by atoms with Gasteiger partial charge in [-0.05, 0) is 20.0 Å². The Morgan fingerprint density at radius 2 is 2.16 bits per heavy atom. The number of rotatable bonds is 5. The summed E-state index contributed by atoms with van der Waals surface area (Å²) in [6.45, 7) is 2.89. The molecule has 2 rings (SSSR count). The summed E-state index contributed by atoms with van der Waals surface area (Å²) in [5, 5.41) is 11.2. The number of carbonyl (C=O) groups is 1. The lowest BCUT2D eigenvalue weighted by Gasteiger charge is -2.11. The van der Waals surface area contributed by atoms with Gasteiger partial charge in [-0.1, -0.05) is 18.2 Å². The maximum absolute atomic E-state index is 11.8. The summed E-state index contributed by atoms with van der Waals surface area (Å²) in [6, 6.07) is 8.12. The molecule has 1 amide bonds. The van der Waals surface area contributed by atoms with E-state index < -0.39 is 0 Å². The van der Waals surface area contributed by atoms with Crippen LogP contribution in [0, 0.1) is 0 Å². The highest BCUT2D eigenvalue weighted by Crippen LogP contribution is 2.11. The van der Waals surface area contributed by atoms with Gasteiger partial charge in [-0.3, -0.25) is 9.48 Å². The molecular formula is C13H19ClN4O. The predicted molar refractivity (Wildman–Crippen MR) is 78.5 cm³/mol. The van der Waals surface area contributed by atoms with Gasteiger partial charge in [0.1, 0.15) is 6.54 Å². The van der Waals surface area contributed by atoms with Crippen molar-refractivity contribution in [1.82, 2.24) is 20.4 Å². The molecule has 1 atom stereocenters. The highest BCUT2D eigenvalue weighted by Gasteiger charge is 2.07. The largest absolute Gasteiger partial charge is 0.353 e. The van der Waals surface area contributed by atoms with Crippen LogP contribution in [0.4, 0.5) is 0 Å². The van der Waals surface area contributed by atoms with Gasteiger partial charge in [0, 0.05) is 18.0 Å². The first-order chi connectivity index (χ1) is 8.70. The van der Waals surface area contributed by atoms with E-state index in [1.165, 1.54) is 0 Å². The summed E-state index contributed by atoms with van der Waals surface area (Å²) >= 11 is 0. The summed E-state index contributed by atoms with van der Waals surface area (Å²) in [7, 11) is 1.87. The molecule has 5 nitrogen and oxygen atoms in total. The summed E-state index contributed by atoms with van der Waals surface area (Å²) in [5.74, 6) is -0.0223. The number of likely N-dealkylation sites (N-methyl/N-ethyl adjacent to an activating group) is 1. The second kappa shape index (κ2) is 7.11. The molecule has 0 fully saturated rings. The lowest BCUT2D eigenvalue weighted by molar-refractivity contribution is -0.121. The SMILES string of the molecule is CNC(C)CNC(=O)Cn1ncc2ccccc21.Cl. The van der Waals surface area contributed by atoms with Crippen LogP contribution in [-0.2, 0) is 11.3 Å². The van der Waals surface area contributed by atoms with E-state index in [1.54, 1.807) is 10.9 Å². The Morgan fingerprint density at radius 3 is 2.89 bits per heavy atom. The maximum atomic E-state index is 11.8. The zero-order valence-electron chi connectivity index (χ0n) is 11.1. The molecule has 0 saturated heterocycles. The molecule has 6 heteroatoms. The first-order valence-electron chi connectivity index (χ1n) is 6.05. The number of hydrogen-bond donors (Lipinski definition) is 2. The Hall–Kier alpha value is -1.59. The quantitative estimate of drug-likeness (QED) is 0.866. The van der Waals surface area contributed by atoms with Crippen LogP contribution in [0.25, 0.3) is 10.9 Å². The lowest BCUT2D eigenvalue weighted by Crippen LogP contribution is -2.38. The van der Waals surface area contributed by atoms with Crippen LogP contribution in [-0.4, -0.2) is 35.3 Å². The summed E-state index contributed by atoms with van der Waals surface area (Å²) in [4.78, 5) is 11.8. The smallest absolute Gasteiger partial charge is 0.241 e. The Labute approximate surface area is 118 Å². The molecule has 0 radical (unpaired) electrons. The minimum absolute atomic E-state index is 0. The van der Waals surface area contributed by atoms with Crippen LogP contribution in [0.3, 0.4) is 0 Å². The number of amides is 1. The van der Waals surface area contributed by atoms with Crippen LogP contribution >= 0.6 is 12.4 Å². The van der Waals surface area contributed by atoms with E-state index in [0.717, 1.165) is 10.9 Å². The minimum atomic E-state index is -0.0223. The third-order valence-electron chi connectivity index (χ3n) is 2.94. The van der Waals surface area contributed by atoms with Crippen LogP contribution in [0.5, 0.6) is 0 Å². The summed E-state index contributed by atoms with van der Waals surface area (Å²) in [6.07, 6.45) is 1.78. The fraction of sp³-hybridized carbons (Fsp3) is 0.385. The van der Waals surface area contributed by atoms with Crippen LogP contribution in [0.1, 0.15) is 6.92 Å². The van der Waals surface area contributed by atoms with Crippen LogP contribution in [0.2, 0.25) is 0 Å². The maximum Gasteiger partial charge on any atom is 0.241 e. The molecule has 104 valence electrons. The Kier molecular flexibility index (Phi) is 5.79. The number of fused-ring (bicyclic) bond motifs is 1. The first kappa shape index (κ1) is 15.5. The fourth-order valence-electron chi connectivity index (χ4n) is 1.71. The molecule has 0 aliphatic rings. The Morgan fingerprint density at radius 1 is 1.42 bits per heavy atom. The number of aromatic nitrogens is 2. The van der Waals surface area contributed by atoms with Crippen molar-refractivity contribution in [2.75, 3.05) is 13.6 Å². The van der Waals surface area contributed by atoms with Gasteiger partial charge in [-0.15, -0.1) is 12.4 Å². The number of nitrogens with one attached hydrogen (secondary N) is 2. The van der Waals surface area contributed by atoms with E-state index >= 15 is 0 Å². The summed E-state index contributed by atoms with van der Waals surface area (Å²) < 4.78 is 1.72. The third kappa shape index (κ3) is 3.94. The van der Waals surface area contributed by atoms with Gasteiger partial charge in [0.05, 0.1) is 11.7 Å². The van der Waals surface area contributed by atoms with Gasteiger partial charge >= 0.3 is 0 Å². The molecule has 2 aromatic rings. The van der Waals surface area contributed by atoms with Crippen molar-refractivity contribution in [1.29, 1.82) is 0 Å². The van der Waals surface area contributed by atoms with Crippen molar-refractivity contribution in [3.63, 3.8) is 0 Å². The minimum Gasteiger partial charge on any atom is -0.353 e. The second-order valence-corrected chi connectivity index (χ2v) is 4.35. The van der Waals surface area contributed by atoms with Gasteiger partial charge in [0.25, 0.3) is 0 Å². The van der Waals surface area contributed by atoms with Crippen molar-refractivity contribution < 1.29 is 4.79 Å². The zero-order chi connectivity index (χ0) is 13.0. The van der Waals surface area contributed by atoms with Crippen LogP contribution < -0.4 is 10.6 Å². The number of nitrogens with zero attached hydrogens (tertiary/aromatic N) is 2. The highest BCUT2D eigenvalue weighted by molar-refractivity contribution is 5.85. The van der Waals surface area contributed by atoms with E-state index in [2.05, 4.69) is 15.7 Å². The number of carbonyl (C=O) groups excluding carboxylic acids is 1. The monoisotopic (exact) mass is 282 g/mol. The Balaban J connectivity index is 0.00000180. The Bertz CT molecular complexity index is 540. The standard InChI is InChI=1S/C13H18N4O.ClH/c1-10(14-2)7-15-13(18)9-17-12-6-4-3-5-11(12)8-16-17;/h3-6,8,10,14H,7,9H2,1-2H3,(H,15,18);1H. The van der Waals surface area contributed by atoms with Gasteiger partial charge < -0.3 is 10.6 Å². The molecule has 1 unspecified atom stereocenters. The molecule has 0 bridgehead atoms. The normalized spacial score (nSPS) is 11.9. The number of hydrogen-bond acceptors (Lipinski definition) is 3. The topological polar surface area (TPSA) is 58.9 Å². The lowest BCUT2D eigenvalue weighted by atomic mass is 10.2. The molecule has 1 aromatic carbocycles. The van der Waals surface area contributed by atoms with Crippen molar-refractivity contribution in [3.05, 3.63) is 30.5 Å². The highest BCUT2D eigenvalue weighted by atomic mass is 35.5. The van der Waals surface area contributed by atoms with Gasteiger partial charge in [0.2, 0.25) is 5.91 Å². The van der Waals surface area contributed by atoms with Crippen molar-refractivity contribution >= 4 is 29.2 Å². The van der Waals surface area contributed by atoms with Crippen molar-refractivity contribution in [3.8, 4) is 0 Å². The predicted octanol–water partition coefficient (Wildman–Crippen LogP) is 1.18. The zero-order valence-corrected chi connectivity index (χ0v) is 11.9. The van der Waals surface area contributed by atoms with Gasteiger partial charge in [-0.25, -0.2) is 0 Å². The van der Waals surface area contributed by atoms with E-state index in [4.69, 9.17) is 0 Å². The molecule has 1 heterocycles. The molecule has 0 aliphatic carbocycles. The second-order valence-electron chi connectivity index (χ2n) is 4.35. The molecule has 19 heavy (non-hydrogen) atoms. The van der Waals surface area contributed by atoms with E-state index in [0.29, 0.717) is 6.54 Å². The van der Waals surface area contributed by atoms with Gasteiger partial charge in [-0.2, -0.15) is 5.10 Å². The number of para-hydroxylation sites is 1. The average Bonchev–Trinajstić information content (AvgIpc) is 2.79. The molecule has 0 spiro atoms. The first-order valence-corrected chi connectivity index (χ1v) is 6.05. The number of halogens is 1. The molecule has 1 aromatic heterocycles. The molecular weight excluding hydrogens is 264 g/mol. The average molecular weight is 283 g/mol. The molecule has 0 saturated carbocycles. The van der Waals surface area contributed by atoms with Crippen molar-refractivity contribution in [2.24, 2.45) is 0 Å².